The minimum absolute atomic E-state index is 0.127. The van der Waals surface area contributed by atoms with Gasteiger partial charge in [-0.25, -0.2) is 13.1 Å². The van der Waals surface area contributed by atoms with Crippen molar-refractivity contribution < 1.29 is 13.2 Å². The van der Waals surface area contributed by atoms with Crippen LogP contribution in [0.4, 0.5) is 0 Å². The maximum Gasteiger partial charge on any atom is 0.264 e. The van der Waals surface area contributed by atoms with Crippen LogP contribution in [-0.2, 0) is 14.8 Å². The summed E-state index contributed by atoms with van der Waals surface area (Å²) >= 11 is 0. The Kier molecular flexibility index (Phi) is 4.51. The van der Waals surface area contributed by atoms with E-state index < -0.39 is 15.9 Å². The predicted octanol–water partition coefficient (Wildman–Crippen LogP) is 2.15. The Morgan fingerprint density at radius 2 is 1.89 bits per heavy atom. The van der Waals surface area contributed by atoms with Gasteiger partial charge in [-0.05, 0) is 43.5 Å². The van der Waals surface area contributed by atoms with E-state index in [0.717, 1.165) is 11.1 Å². The lowest BCUT2D eigenvalue weighted by atomic mass is 10.1. The Hall–Kier alpha value is -1.36. The summed E-state index contributed by atoms with van der Waals surface area (Å²) in [5, 5.41) is 0. The van der Waals surface area contributed by atoms with Gasteiger partial charge in [0.2, 0.25) is 5.91 Å². The number of hydrogen-bond donors (Lipinski definition) is 1. The average molecular weight is 269 g/mol. The Balaban J connectivity index is 3.00. The molecular formula is C13H19NO3S. The monoisotopic (exact) mass is 269 g/mol. The minimum Gasteiger partial charge on any atom is -0.274 e. The number of carbonyl (C=O) groups excluding carboxylic acids is 1. The summed E-state index contributed by atoms with van der Waals surface area (Å²) in [7, 11) is -3.75. The van der Waals surface area contributed by atoms with Crippen LogP contribution in [0.1, 0.15) is 31.4 Å². The molecule has 1 aromatic carbocycles. The summed E-state index contributed by atoms with van der Waals surface area (Å²) in [5.41, 5.74) is 1.90. The molecule has 18 heavy (non-hydrogen) atoms. The first-order valence-electron chi connectivity index (χ1n) is 5.92. The number of carbonyl (C=O) groups is 1. The highest BCUT2D eigenvalue weighted by Crippen LogP contribution is 2.15. The van der Waals surface area contributed by atoms with Crippen molar-refractivity contribution in [3.05, 3.63) is 29.3 Å². The van der Waals surface area contributed by atoms with Crippen LogP contribution >= 0.6 is 0 Å². The molecule has 4 nitrogen and oxygen atoms in total. The second-order valence-corrected chi connectivity index (χ2v) is 6.21. The SMILES string of the molecule is CCC(C)C(=O)NS(=O)(=O)c1ccc(C)c(C)c1. The smallest absolute Gasteiger partial charge is 0.264 e. The fourth-order valence-electron chi connectivity index (χ4n) is 1.36. The Bertz CT molecular complexity index is 549. The molecule has 0 heterocycles. The fraction of sp³-hybridized carbons (Fsp3) is 0.462. The molecule has 1 rings (SSSR count). The molecule has 1 atom stereocenters. The van der Waals surface area contributed by atoms with Gasteiger partial charge in [-0.15, -0.1) is 0 Å². The molecule has 0 aliphatic rings. The van der Waals surface area contributed by atoms with Crippen molar-refractivity contribution in [3.63, 3.8) is 0 Å². The van der Waals surface area contributed by atoms with Crippen molar-refractivity contribution in [2.24, 2.45) is 5.92 Å². The molecule has 1 unspecified atom stereocenters. The maximum atomic E-state index is 12.0. The normalized spacial score (nSPS) is 13.1. The second-order valence-electron chi connectivity index (χ2n) is 4.53. The van der Waals surface area contributed by atoms with Gasteiger partial charge in [-0.1, -0.05) is 19.9 Å². The van der Waals surface area contributed by atoms with Crippen molar-refractivity contribution in [2.75, 3.05) is 0 Å². The fourth-order valence-corrected chi connectivity index (χ4v) is 2.52. The first-order chi connectivity index (χ1) is 8.27. The quantitative estimate of drug-likeness (QED) is 0.911. The predicted molar refractivity (Wildman–Crippen MR) is 70.7 cm³/mol. The molecule has 1 N–H and O–H groups in total. The Morgan fingerprint density at radius 1 is 1.28 bits per heavy atom. The van der Waals surface area contributed by atoms with E-state index in [0.29, 0.717) is 6.42 Å². The molecule has 1 aromatic rings. The van der Waals surface area contributed by atoms with Crippen molar-refractivity contribution in [2.45, 2.75) is 39.0 Å². The van der Waals surface area contributed by atoms with Gasteiger partial charge < -0.3 is 0 Å². The second kappa shape index (κ2) is 5.52. The maximum absolute atomic E-state index is 12.0. The third-order valence-corrected chi connectivity index (χ3v) is 4.43. The number of amides is 1. The van der Waals surface area contributed by atoms with Crippen LogP contribution in [0.2, 0.25) is 0 Å². The topological polar surface area (TPSA) is 63.2 Å². The molecule has 5 heteroatoms. The molecule has 0 aliphatic carbocycles. The molecule has 0 aliphatic heterocycles. The zero-order valence-corrected chi connectivity index (χ0v) is 12.0. The van der Waals surface area contributed by atoms with E-state index >= 15 is 0 Å². The third kappa shape index (κ3) is 3.32. The molecule has 0 bridgehead atoms. The summed E-state index contributed by atoms with van der Waals surface area (Å²) in [6.07, 6.45) is 0.605. The first kappa shape index (κ1) is 14.7. The molecule has 0 aromatic heterocycles. The van der Waals surface area contributed by atoms with E-state index in [-0.39, 0.29) is 10.8 Å². The van der Waals surface area contributed by atoms with Crippen LogP contribution in [0.25, 0.3) is 0 Å². The molecule has 0 spiro atoms. The van der Waals surface area contributed by atoms with Crippen LogP contribution in [0, 0.1) is 19.8 Å². The summed E-state index contributed by atoms with van der Waals surface area (Å²) < 4.78 is 26.1. The van der Waals surface area contributed by atoms with Crippen LogP contribution in [0.3, 0.4) is 0 Å². The van der Waals surface area contributed by atoms with Gasteiger partial charge in [0.25, 0.3) is 10.0 Å². The van der Waals surface area contributed by atoms with Crippen LogP contribution in [0.15, 0.2) is 23.1 Å². The Labute approximate surface area is 108 Å². The zero-order valence-electron chi connectivity index (χ0n) is 11.1. The number of aryl methyl sites for hydroxylation is 2. The zero-order chi connectivity index (χ0) is 13.9. The van der Waals surface area contributed by atoms with Crippen molar-refractivity contribution in [1.29, 1.82) is 0 Å². The third-order valence-electron chi connectivity index (χ3n) is 3.08. The number of hydrogen-bond acceptors (Lipinski definition) is 3. The van der Waals surface area contributed by atoms with Gasteiger partial charge in [0, 0.05) is 5.92 Å². The summed E-state index contributed by atoms with van der Waals surface area (Å²) in [6, 6.07) is 4.81. The highest BCUT2D eigenvalue weighted by molar-refractivity contribution is 7.90. The van der Waals surface area contributed by atoms with Gasteiger partial charge >= 0.3 is 0 Å². The molecule has 0 saturated carbocycles. The van der Waals surface area contributed by atoms with E-state index in [2.05, 4.69) is 4.72 Å². The van der Waals surface area contributed by atoms with E-state index in [1.54, 1.807) is 19.1 Å². The molecule has 0 radical (unpaired) electrons. The van der Waals surface area contributed by atoms with E-state index in [1.807, 2.05) is 20.8 Å². The number of sulfonamides is 1. The summed E-state index contributed by atoms with van der Waals surface area (Å²) in [5.74, 6) is -0.776. The van der Waals surface area contributed by atoms with Crippen molar-refractivity contribution >= 4 is 15.9 Å². The molecule has 1 amide bonds. The van der Waals surface area contributed by atoms with E-state index in [1.165, 1.54) is 6.07 Å². The lowest BCUT2D eigenvalue weighted by molar-refractivity contribution is -0.122. The average Bonchev–Trinajstić information content (AvgIpc) is 2.30. The first-order valence-corrected chi connectivity index (χ1v) is 7.40. The van der Waals surface area contributed by atoms with Gasteiger partial charge in [-0.3, -0.25) is 4.79 Å². The van der Waals surface area contributed by atoms with Crippen molar-refractivity contribution in [1.82, 2.24) is 4.72 Å². The van der Waals surface area contributed by atoms with E-state index in [9.17, 15) is 13.2 Å². The lowest BCUT2D eigenvalue weighted by Gasteiger charge is -2.11. The summed E-state index contributed by atoms with van der Waals surface area (Å²) in [4.78, 5) is 11.8. The lowest BCUT2D eigenvalue weighted by Crippen LogP contribution is -2.34. The molecule has 0 fully saturated rings. The molecule has 0 saturated heterocycles. The summed E-state index contributed by atoms with van der Waals surface area (Å²) in [6.45, 7) is 7.28. The van der Waals surface area contributed by atoms with Gasteiger partial charge in [0.1, 0.15) is 0 Å². The number of rotatable bonds is 4. The number of benzene rings is 1. The highest BCUT2D eigenvalue weighted by atomic mass is 32.2. The van der Waals surface area contributed by atoms with E-state index in [4.69, 9.17) is 0 Å². The highest BCUT2D eigenvalue weighted by Gasteiger charge is 2.20. The van der Waals surface area contributed by atoms with Crippen LogP contribution in [0.5, 0.6) is 0 Å². The largest absolute Gasteiger partial charge is 0.274 e. The van der Waals surface area contributed by atoms with Crippen LogP contribution < -0.4 is 4.72 Å². The Morgan fingerprint density at radius 3 is 2.39 bits per heavy atom. The van der Waals surface area contributed by atoms with Crippen molar-refractivity contribution in [3.8, 4) is 0 Å². The van der Waals surface area contributed by atoms with Gasteiger partial charge in [0.15, 0.2) is 0 Å². The standard InChI is InChI=1S/C13H19NO3S/c1-5-9(2)13(15)14-18(16,17)12-7-6-10(3)11(4)8-12/h6-9H,5H2,1-4H3,(H,14,15). The van der Waals surface area contributed by atoms with Gasteiger partial charge in [-0.2, -0.15) is 0 Å². The molecule has 100 valence electrons. The van der Waals surface area contributed by atoms with Gasteiger partial charge in [0.05, 0.1) is 4.90 Å². The molecular weight excluding hydrogens is 250 g/mol. The number of nitrogens with one attached hydrogen (secondary N) is 1. The van der Waals surface area contributed by atoms with Crippen LogP contribution in [-0.4, -0.2) is 14.3 Å². The minimum atomic E-state index is -3.75.